The van der Waals surface area contributed by atoms with Gasteiger partial charge < -0.3 is 10.6 Å². The van der Waals surface area contributed by atoms with E-state index in [2.05, 4.69) is 6.92 Å². The molecule has 0 aromatic heterocycles. The molecule has 0 heterocycles. The van der Waals surface area contributed by atoms with Crippen LogP contribution in [0.5, 0.6) is 0 Å². The zero-order valence-corrected chi connectivity index (χ0v) is 10.4. The smallest absolute Gasteiger partial charge is 0.239 e. The molecule has 1 atom stereocenters. The van der Waals surface area contributed by atoms with E-state index in [4.69, 9.17) is 5.73 Å². The largest absolute Gasteiger partial charge is 0.344 e. The third-order valence-electron chi connectivity index (χ3n) is 2.23. The summed E-state index contributed by atoms with van der Waals surface area (Å²) in [6, 6.07) is -0.346. The quantitative estimate of drug-likeness (QED) is 0.769. The molecule has 14 heavy (non-hydrogen) atoms. The van der Waals surface area contributed by atoms with Crippen molar-refractivity contribution < 1.29 is 4.79 Å². The first-order valence-corrected chi connectivity index (χ1v) is 5.01. The first kappa shape index (κ1) is 16.2. The predicted molar refractivity (Wildman–Crippen MR) is 62.6 cm³/mol. The Balaban J connectivity index is 0. The number of hydrogen-bond donors (Lipinski definition) is 1. The molecule has 0 spiro atoms. The van der Waals surface area contributed by atoms with Crippen molar-refractivity contribution in [2.45, 2.75) is 39.7 Å². The summed E-state index contributed by atoms with van der Waals surface area (Å²) in [6.07, 6.45) is 2.15. The van der Waals surface area contributed by atoms with E-state index in [9.17, 15) is 4.79 Å². The topological polar surface area (TPSA) is 46.3 Å². The third kappa shape index (κ3) is 5.45. The molecule has 4 heteroatoms. The van der Waals surface area contributed by atoms with Gasteiger partial charge in [0, 0.05) is 13.6 Å². The maximum absolute atomic E-state index is 11.6. The number of unbranched alkanes of at least 4 members (excludes halogenated alkanes) is 1. The van der Waals surface area contributed by atoms with Crippen molar-refractivity contribution in [3.63, 3.8) is 0 Å². The molecule has 0 aliphatic carbocycles. The Morgan fingerprint density at radius 2 is 1.93 bits per heavy atom. The van der Waals surface area contributed by atoms with E-state index in [1.54, 1.807) is 4.90 Å². The summed E-state index contributed by atoms with van der Waals surface area (Å²) in [4.78, 5) is 13.3. The standard InChI is InChI=1S/C10H22N2O.ClH/c1-5-6-7-12(4)10(13)9(11)8(2)3;/h8-9H,5-7,11H2,1-4H3;1H. The first-order valence-electron chi connectivity index (χ1n) is 5.01. The second-order valence-corrected chi connectivity index (χ2v) is 3.88. The Morgan fingerprint density at radius 1 is 1.43 bits per heavy atom. The summed E-state index contributed by atoms with van der Waals surface area (Å²) in [6.45, 7) is 6.86. The number of likely N-dealkylation sites (N-methyl/N-ethyl adjacent to an activating group) is 1. The van der Waals surface area contributed by atoms with Crippen molar-refractivity contribution in [3.8, 4) is 0 Å². The highest BCUT2D eigenvalue weighted by Crippen LogP contribution is 2.03. The number of carbonyl (C=O) groups excluding carboxylic acids is 1. The Hall–Kier alpha value is -0.280. The van der Waals surface area contributed by atoms with E-state index in [0.29, 0.717) is 0 Å². The van der Waals surface area contributed by atoms with Crippen LogP contribution in [0.1, 0.15) is 33.6 Å². The molecule has 3 nitrogen and oxygen atoms in total. The Morgan fingerprint density at radius 3 is 2.29 bits per heavy atom. The van der Waals surface area contributed by atoms with Gasteiger partial charge in [-0.1, -0.05) is 27.2 Å². The van der Waals surface area contributed by atoms with E-state index in [1.165, 1.54) is 0 Å². The normalized spacial score (nSPS) is 12.1. The van der Waals surface area contributed by atoms with Crippen LogP contribution in [0.2, 0.25) is 0 Å². The first-order chi connectivity index (χ1) is 6.00. The maximum Gasteiger partial charge on any atom is 0.239 e. The predicted octanol–water partition coefficient (Wildman–Crippen LogP) is 1.65. The van der Waals surface area contributed by atoms with Crippen LogP contribution >= 0.6 is 12.4 Å². The SMILES string of the molecule is CCCCN(C)C(=O)C(N)C(C)C.Cl. The molecule has 0 bridgehead atoms. The molecule has 0 rings (SSSR count). The van der Waals surface area contributed by atoms with Crippen LogP contribution in [0.3, 0.4) is 0 Å². The summed E-state index contributed by atoms with van der Waals surface area (Å²) < 4.78 is 0. The Kier molecular flexibility index (Phi) is 9.31. The van der Waals surface area contributed by atoms with Crippen LogP contribution in [-0.4, -0.2) is 30.4 Å². The molecule has 0 saturated heterocycles. The maximum atomic E-state index is 11.6. The molecular formula is C10H23ClN2O. The van der Waals surface area contributed by atoms with Gasteiger partial charge in [0.2, 0.25) is 5.91 Å². The zero-order chi connectivity index (χ0) is 10.4. The molecule has 0 saturated carbocycles. The molecular weight excluding hydrogens is 200 g/mol. The molecule has 0 aromatic rings. The van der Waals surface area contributed by atoms with Gasteiger partial charge in [-0.3, -0.25) is 4.79 Å². The van der Waals surface area contributed by atoms with Crippen LogP contribution in [0.15, 0.2) is 0 Å². The van der Waals surface area contributed by atoms with Crippen LogP contribution < -0.4 is 5.73 Å². The highest BCUT2D eigenvalue weighted by Gasteiger charge is 2.20. The van der Waals surface area contributed by atoms with Gasteiger partial charge in [0.1, 0.15) is 0 Å². The van der Waals surface area contributed by atoms with E-state index < -0.39 is 0 Å². The minimum absolute atomic E-state index is 0. The van der Waals surface area contributed by atoms with Crippen molar-refractivity contribution in [3.05, 3.63) is 0 Å². The van der Waals surface area contributed by atoms with E-state index >= 15 is 0 Å². The number of carbonyl (C=O) groups is 1. The van der Waals surface area contributed by atoms with Crippen LogP contribution in [0.25, 0.3) is 0 Å². The molecule has 86 valence electrons. The molecule has 0 aliphatic heterocycles. The molecule has 0 aliphatic rings. The molecule has 2 N–H and O–H groups in total. The van der Waals surface area contributed by atoms with Crippen molar-refractivity contribution in [2.75, 3.05) is 13.6 Å². The Labute approximate surface area is 93.4 Å². The monoisotopic (exact) mass is 222 g/mol. The molecule has 1 unspecified atom stereocenters. The lowest BCUT2D eigenvalue weighted by atomic mass is 10.0. The van der Waals surface area contributed by atoms with Crippen molar-refractivity contribution >= 4 is 18.3 Å². The van der Waals surface area contributed by atoms with E-state index in [0.717, 1.165) is 19.4 Å². The van der Waals surface area contributed by atoms with Gasteiger partial charge in [-0.2, -0.15) is 0 Å². The van der Waals surface area contributed by atoms with Crippen molar-refractivity contribution in [1.82, 2.24) is 4.90 Å². The van der Waals surface area contributed by atoms with Crippen molar-refractivity contribution in [2.24, 2.45) is 11.7 Å². The van der Waals surface area contributed by atoms with Crippen LogP contribution in [-0.2, 0) is 4.79 Å². The minimum Gasteiger partial charge on any atom is -0.344 e. The van der Waals surface area contributed by atoms with Crippen LogP contribution in [0.4, 0.5) is 0 Å². The number of amides is 1. The van der Waals surface area contributed by atoms with E-state index in [1.807, 2.05) is 20.9 Å². The lowest BCUT2D eigenvalue weighted by molar-refractivity contribution is -0.132. The summed E-state index contributed by atoms with van der Waals surface area (Å²) in [5.74, 6) is 0.278. The molecule has 1 amide bonds. The van der Waals surface area contributed by atoms with Gasteiger partial charge in [-0.15, -0.1) is 12.4 Å². The third-order valence-corrected chi connectivity index (χ3v) is 2.23. The average molecular weight is 223 g/mol. The zero-order valence-electron chi connectivity index (χ0n) is 9.62. The second-order valence-electron chi connectivity index (χ2n) is 3.88. The number of nitrogens with zero attached hydrogens (tertiary/aromatic N) is 1. The highest BCUT2D eigenvalue weighted by atomic mass is 35.5. The van der Waals surface area contributed by atoms with Gasteiger partial charge in [-0.05, 0) is 12.3 Å². The van der Waals surface area contributed by atoms with Crippen molar-refractivity contribution in [1.29, 1.82) is 0 Å². The second kappa shape index (κ2) is 8.06. The highest BCUT2D eigenvalue weighted by molar-refractivity contribution is 5.85. The minimum atomic E-state index is -0.346. The van der Waals surface area contributed by atoms with Gasteiger partial charge in [0.15, 0.2) is 0 Å². The summed E-state index contributed by atoms with van der Waals surface area (Å²) >= 11 is 0. The van der Waals surface area contributed by atoms with E-state index in [-0.39, 0.29) is 30.3 Å². The number of hydrogen-bond acceptors (Lipinski definition) is 2. The average Bonchev–Trinajstić information content (AvgIpc) is 2.11. The van der Waals surface area contributed by atoms with Gasteiger partial charge in [0.05, 0.1) is 6.04 Å². The fourth-order valence-corrected chi connectivity index (χ4v) is 1.05. The number of rotatable bonds is 5. The lowest BCUT2D eigenvalue weighted by Gasteiger charge is -2.23. The lowest BCUT2D eigenvalue weighted by Crippen LogP contribution is -2.45. The van der Waals surface area contributed by atoms with Gasteiger partial charge in [0.25, 0.3) is 0 Å². The summed E-state index contributed by atoms with van der Waals surface area (Å²) in [7, 11) is 1.82. The number of halogens is 1. The van der Waals surface area contributed by atoms with Gasteiger partial charge >= 0.3 is 0 Å². The number of nitrogens with two attached hydrogens (primary N) is 1. The Bertz CT molecular complexity index is 162. The molecule has 0 aromatic carbocycles. The van der Waals surface area contributed by atoms with Crippen LogP contribution in [0, 0.1) is 5.92 Å². The summed E-state index contributed by atoms with van der Waals surface area (Å²) in [5, 5.41) is 0. The summed E-state index contributed by atoms with van der Waals surface area (Å²) in [5.41, 5.74) is 5.74. The fourth-order valence-electron chi connectivity index (χ4n) is 1.05. The van der Waals surface area contributed by atoms with Gasteiger partial charge in [-0.25, -0.2) is 0 Å². The molecule has 0 radical (unpaired) electrons. The molecule has 0 fully saturated rings. The fraction of sp³-hybridized carbons (Fsp3) is 0.900.